The summed E-state index contributed by atoms with van der Waals surface area (Å²) in [5.74, 6) is 0.644. The molecule has 5 nitrogen and oxygen atoms in total. The Kier molecular flexibility index (Phi) is 7.17. The van der Waals surface area contributed by atoms with Crippen molar-refractivity contribution in [2.24, 2.45) is 0 Å². The number of hydrogen-bond donors (Lipinski definition) is 3. The Morgan fingerprint density at radius 1 is 1.45 bits per heavy atom. The zero-order chi connectivity index (χ0) is 15.0. The number of benzene rings is 1. The van der Waals surface area contributed by atoms with Crippen molar-refractivity contribution in [3.05, 3.63) is 40.9 Å². The Morgan fingerprint density at radius 2 is 2.20 bits per heavy atom. The second-order valence-electron chi connectivity index (χ2n) is 3.74. The average Bonchev–Trinajstić information content (AvgIpc) is 2.40. The largest absolute Gasteiger partial charge is 0.478 e. The van der Waals surface area contributed by atoms with Crippen molar-refractivity contribution < 1.29 is 14.7 Å². The number of aromatic carboxylic acids is 1. The molecule has 0 aromatic heterocycles. The summed E-state index contributed by atoms with van der Waals surface area (Å²) >= 11 is 4.90. The van der Waals surface area contributed by atoms with Crippen LogP contribution in [0.2, 0.25) is 0 Å². The Balaban J connectivity index is 2.45. The minimum atomic E-state index is -1.01. The van der Waals surface area contributed by atoms with E-state index in [0.29, 0.717) is 16.7 Å². The Morgan fingerprint density at radius 3 is 2.80 bits per heavy atom. The second-order valence-corrected chi connectivity index (χ2v) is 5.75. The summed E-state index contributed by atoms with van der Waals surface area (Å²) < 4.78 is 0.522. The highest BCUT2D eigenvalue weighted by Gasteiger charge is 2.08. The molecule has 108 valence electrons. The van der Waals surface area contributed by atoms with Crippen LogP contribution in [0.3, 0.4) is 0 Å². The first-order valence-corrected chi connectivity index (χ1v) is 7.75. The number of amides is 2. The fourth-order valence-corrected chi connectivity index (χ4v) is 2.38. The van der Waals surface area contributed by atoms with Crippen LogP contribution in [0.1, 0.15) is 10.4 Å². The van der Waals surface area contributed by atoms with Gasteiger partial charge >= 0.3 is 12.0 Å². The maximum atomic E-state index is 11.6. The first-order valence-electron chi connectivity index (χ1n) is 5.81. The molecule has 1 aromatic carbocycles. The van der Waals surface area contributed by atoms with Crippen LogP contribution in [0.4, 0.5) is 10.5 Å². The van der Waals surface area contributed by atoms with Crippen molar-refractivity contribution in [2.75, 3.05) is 23.4 Å². The minimum absolute atomic E-state index is 0.156. The predicted molar refractivity (Wildman–Crippen MR) is 85.6 cm³/mol. The normalized spacial score (nSPS) is 9.85. The molecule has 1 aromatic rings. The van der Waals surface area contributed by atoms with E-state index in [1.807, 2.05) is 6.08 Å². The molecule has 0 saturated carbocycles. The molecule has 0 unspecified atom stereocenters. The standard InChI is InChI=1S/C13H15BrN2O3S/c1-2-6-20-7-5-15-13(19)16-11-4-3-9(12(17)18)8-10(11)14/h2-4,8H,1,5-7H2,(H,17,18)(H2,15,16,19). The van der Waals surface area contributed by atoms with E-state index in [1.165, 1.54) is 12.1 Å². The zero-order valence-electron chi connectivity index (χ0n) is 10.7. The summed E-state index contributed by atoms with van der Waals surface area (Å²) in [4.78, 5) is 22.4. The number of rotatable bonds is 7. The first kappa shape index (κ1) is 16.6. The van der Waals surface area contributed by atoms with Crippen LogP contribution < -0.4 is 10.6 Å². The number of carboxylic acid groups (broad SMARTS) is 1. The van der Waals surface area contributed by atoms with Gasteiger partial charge in [0.2, 0.25) is 0 Å². The lowest BCUT2D eigenvalue weighted by Crippen LogP contribution is -2.30. The molecule has 0 aliphatic carbocycles. The molecule has 0 aliphatic rings. The number of anilines is 1. The van der Waals surface area contributed by atoms with E-state index in [9.17, 15) is 9.59 Å². The van der Waals surface area contributed by atoms with Crippen LogP contribution in [0.25, 0.3) is 0 Å². The monoisotopic (exact) mass is 358 g/mol. The molecule has 0 radical (unpaired) electrons. The van der Waals surface area contributed by atoms with Gasteiger partial charge < -0.3 is 15.7 Å². The van der Waals surface area contributed by atoms with Crippen molar-refractivity contribution in [3.63, 3.8) is 0 Å². The maximum absolute atomic E-state index is 11.6. The molecule has 0 aliphatic heterocycles. The van der Waals surface area contributed by atoms with E-state index in [1.54, 1.807) is 17.8 Å². The molecule has 0 fully saturated rings. The molecule has 7 heteroatoms. The first-order chi connectivity index (χ1) is 9.54. The van der Waals surface area contributed by atoms with Gasteiger partial charge in [0.15, 0.2) is 0 Å². The fourth-order valence-electron chi connectivity index (χ4n) is 1.32. The van der Waals surface area contributed by atoms with Gasteiger partial charge in [-0.15, -0.1) is 6.58 Å². The van der Waals surface area contributed by atoms with Crippen molar-refractivity contribution >= 4 is 45.4 Å². The molecule has 0 atom stereocenters. The van der Waals surface area contributed by atoms with E-state index in [4.69, 9.17) is 5.11 Å². The second kappa shape index (κ2) is 8.65. The third-order valence-electron chi connectivity index (χ3n) is 2.23. The highest BCUT2D eigenvalue weighted by molar-refractivity contribution is 9.10. The third-order valence-corrected chi connectivity index (χ3v) is 3.85. The van der Waals surface area contributed by atoms with E-state index < -0.39 is 5.97 Å². The van der Waals surface area contributed by atoms with Crippen LogP contribution in [-0.4, -0.2) is 35.2 Å². The number of urea groups is 1. The van der Waals surface area contributed by atoms with Gasteiger partial charge in [-0.3, -0.25) is 0 Å². The predicted octanol–water partition coefficient (Wildman–Crippen LogP) is 3.19. The summed E-state index contributed by atoms with van der Waals surface area (Å²) in [7, 11) is 0. The summed E-state index contributed by atoms with van der Waals surface area (Å²) in [6, 6.07) is 4.09. The van der Waals surface area contributed by atoms with Gasteiger partial charge in [0.1, 0.15) is 0 Å². The van der Waals surface area contributed by atoms with E-state index in [0.717, 1.165) is 11.5 Å². The number of nitrogens with one attached hydrogen (secondary N) is 2. The lowest BCUT2D eigenvalue weighted by molar-refractivity contribution is 0.0697. The topological polar surface area (TPSA) is 78.4 Å². The summed E-state index contributed by atoms with van der Waals surface area (Å²) in [5.41, 5.74) is 0.676. The van der Waals surface area contributed by atoms with E-state index in [-0.39, 0.29) is 11.6 Å². The summed E-state index contributed by atoms with van der Waals surface area (Å²) in [5, 5.41) is 14.2. The van der Waals surface area contributed by atoms with Crippen LogP contribution >= 0.6 is 27.7 Å². The number of carbonyl (C=O) groups is 2. The average molecular weight is 359 g/mol. The fraction of sp³-hybridized carbons (Fsp3) is 0.231. The van der Waals surface area contributed by atoms with Crippen LogP contribution in [0.15, 0.2) is 35.3 Å². The van der Waals surface area contributed by atoms with Gasteiger partial charge in [-0.2, -0.15) is 11.8 Å². The van der Waals surface area contributed by atoms with Gasteiger partial charge in [-0.1, -0.05) is 6.08 Å². The third kappa shape index (κ3) is 5.66. The lowest BCUT2D eigenvalue weighted by atomic mass is 10.2. The SMILES string of the molecule is C=CCSCCNC(=O)Nc1ccc(C(=O)O)cc1Br. The molecule has 0 heterocycles. The molecular formula is C13H15BrN2O3S. The number of thioether (sulfide) groups is 1. The molecular weight excluding hydrogens is 344 g/mol. The maximum Gasteiger partial charge on any atom is 0.335 e. The van der Waals surface area contributed by atoms with Crippen molar-refractivity contribution in [1.82, 2.24) is 5.32 Å². The molecule has 2 amide bonds. The number of halogens is 1. The van der Waals surface area contributed by atoms with Crippen molar-refractivity contribution in [2.45, 2.75) is 0 Å². The Labute approximate surface area is 130 Å². The van der Waals surface area contributed by atoms with Crippen LogP contribution in [-0.2, 0) is 0 Å². The lowest BCUT2D eigenvalue weighted by Gasteiger charge is -2.09. The van der Waals surface area contributed by atoms with Gasteiger partial charge in [0.05, 0.1) is 11.3 Å². The van der Waals surface area contributed by atoms with Crippen LogP contribution in [0.5, 0.6) is 0 Å². The number of carbonyl (C=O) groups excluding carboxylic acids is 1. The van der Waals surface area contributed by atoms with Gasteiger partial charge in [-0.25, -0.2) is 9.59 Å². The summed E-state index contributed by atoms with van der Waals surface area (Å²) in [6.07, 6.45) is 1.81. The van der Waals surface area contributed by atoms with Gasteiger partial charge in [-0.05, 0) is 34.1 Å². The molecule has 3 N–H and O–H groups in total. The quantitative estimate of drug-likeness (QED) is 0.516. The molecule has 1 rings (SSSR count). The van der Waals surface area contributed by atoms with Gasteiger partial charge in [0, 0.05) is 22.5 Å². The van der Waals surface area contributed by atoms with Crippen LogP contribution in [0, 0.1) is 0 Å². The molecule has 0 bridgehead atoms. The van der Waals surface area contributed by atoms with Crippen molar-refractivity contribution in [1.29, 1.82) is 0 Å². The smallest absolute Gasteiger partial charge is 0.335 e. The minimum Gasteiger partial charge on any atom is -0.478 e. The molecule has 0 spiro atoms. The summed E-state index contributed by atoms with van der Waals surface area (Å²) in [6.45, 7) is 4.16. The Bertz CT molecular complexity index is 508. The zero-order valence-corrected chi connectivity index (χ0v) is 13.1. The van der Waals surface area contributed by atoms with Gasteiger partial charge in [0.25, 0.3) is 0 Å². The van der Waals surface area contributed by atoms with Crippen molar-refractivity contribution in [3.8, 4) is 0 Å². The number of hydrogen-bond acceptors (Lipinski definition) is 3. The highest BCUT2D eigenvalue weighted by atomic mass is 79.9. The van der Waals surface area contributed by atoms with E-state index in [2.05, 4.69) is 33.1 Å². The Hall–Kier alpha value is -1.47. The highest BCUT2D eigenvalue weighted by Crippen LogP contribution is 2.23. The van der Waals surface area contributed by atoms with E-state index >= 15 is 0 Å². The molecule has 0 saturated heterocycles. The number of carboxylic acids is 1. The molecule has 20 heavy (non-hydrogen) atoms.